The molecule has 0 radical (unpaired) electrons. The van der Waals surface area contributed by atoms with Crippen LogP contribution in [0.5, 0.6) is 0 Å². The van der Waals surface area contributed by atoms with Crippen LogP contribution in [0.25, 0.3) is 0 Å². The van der Waals surface area contributed by atoms with Gasteiger partial charge in [0.2, 0.25) is 0 Å². The van der Waals surface area contributed by atoms with Gasteiger partial charge in [0, 0.05) is 7.11 Å². The molecule has 0 bridgehead atoms. The molecular formula is C9H22O2Si. The van der Waals surface area contributed by atoms with Crippen molar-refractivity contribution in [1.82, 2.24) is 0 Å². The van der Waals surface area contributed by atoms with Gasteiger partial charge in [-0.2, -0.15) is 0 Å². The van der Waals surface area contributed by atoms with Crippen LogP contribution >= 0.6 is 0 Å². The summed E-state index contributed by atoms with van der Waals surface area (Å²) in [5, 5.41) is 0. The Labute approximate surface area is 77.4 Å². The fourth-order valence-electron chi connectivity index (χ4n) is 1.08. The molecule has 0 aromatic carbocycles. The van der Waals surface area contributed by atoms with Gasteiger partial charge >= 0.3 is 0 Å². The van der Waals surface area contributed by atoms with Crippen molar-refractivity contribution in [3.8, 4) is 0 Å². The molecule has 0 atom stereocenters. The Kier molecular flexibility index (Phi) is 6.71. The van der Waals surface area contributed by atoms with Crippen LogP contribution in [0.3, 0.4) is 0 Å². The smallest absolute Gasteiger partial charge is 0.186 e. The highest BCUT2D eigenvalue weighted by molar-refractivity contribution is 6.71. The Morgan fingerprint density at radius 2 is 1.83 bits per heavy atom. The lowest BCUT2D eigenvalue weighted by molar-refractivity contribution is 0.142. The first-order chi connectivity index (χ1) is 5.62. The third kappa shape index (κ3) is 6.82. The summed E-state index contributed by atoms with van der Waals surface area (Å²) in [7, 11) is 0.371. The summed E-state index contributed by atoms with van der Waals surface area (Å²) >= 11 is 0. The van der Waals surface area contributed by atoms with Crippen LogP contribution in [-0.4, -0.2) is 28.6 Å². The van der Waals surface area contributed by atoms with Gasteiger partial charge in [0.1, 0.15) is 0 Å². The van der Waals surface area contributed by atoms with Crippen molar-refractivity contribution in [3.05, 3.63) is 0 Å². The minimum atomic E-state index is -1.34. The first-order valence-electron chi connectivity index (χ1n) is 4.75. The highest BCUT2D eigenvalue weighted by Crippen LogP contribution is 2.14. The molecule has 0 aromatic heterocycles. The maximum Gasteiger partial charge on any atom is 0.186 e. The maximum absolute atomic E-state index is 5.79. The molecule has 0 fully saturated rings. The third-order valence-corrected chi connectivity index (χ3v) is 4.46. The summed E-state index contributed by atoms with van der Waals surface area (Å²) in [5.74, 6) is 0. The van der Waals surface area contributed by atoms with E-state index in [4.69, 9.17) is 9.16 Å². The average molecular weight is 190 g/mol. The Morgan fingerprint density at radius 1 is 1.17 bits per heavy atom. The normalized spacial score (nSPS) is 12.0. The van der Waals surface area contributed by atoms with Crippen molar-refractivity contribution in [3.63, 3.8) is 0 Å². The van der Waals surface area contributed by atoms with E-state index in [1.165, 1.54) is 18.9 Å². The quantitative estimate of drug-likeness (QED) is 0.454. The second-order valence-electron chi connectivity index (χ2n) is 3.70. The van der Waals surface area contributed by atoms with Gasteiger partial charge < -0.3 is 9.16 Å². The topological polar surface area (TPSA) is 18.5 Å². The first kappa shape index (κ1) is 12.1. The molecule has 0 aliphatic heterocycles. The summed E-state index contributed by atoms with van der Waals surface area (Å²) in [6.45, 7) is 8.26. The van der Waals surface area contributed by atoms with E-state index in [1.807, 2.05) is 0 Å². The molecule has 0 N–H and O–H groups in total. The lowest BCUT2D eigenvalue weighted by Gasteiger charge is -2.22. The molecule has 0 aromatic rings. The zero-order valence-corrected chi connectivity index (χ0v) is 9.85. The second-order valence-corrected chi connectivity index (χ2v) is 8.01. The van der Waals surface area contributed by atoms with Crippen LogP contribution in [0.2, 0.25) is 19.1 Å². The van der Waals surface area contributed by atoms with E-state index >= 15 is 0 Å². The van der Waals surface area contributed by atoms with Crippen molar-refractivity contribution in [2.45, 2.75) is 38.9 Å². The van der Waals surface area contributed by atoms with Gasteiger partial charge in [0.25, 0.3) is 0 Å². The summed E-state index contributed by atoms with van der Waals surface area (Å²) < 4.78 is 10.7. The zero-order chi connectivity index (χ0) is 9.45. The van der Waals surface area contributed by atoms with Crippen LogP contribution in [0.15, 0.2) is 0 Å². The minimum Gasteiger partial charge on any atom is -0.415 e. The lowest BCUT2D eigenvalue weighted by Crippen LogP contribution is -2.31. The van der Waals surface area contributed by atoms with Crippen LogP contribution in [0, 0.1) is 0 Å². The molecule has 0 unspecified atom stereocenters. The molecule has 0 saturated carbocycles. The molecule has 0 rings (SSSR count). The lowest BCUT2D eigenvalue weighted by atomic mass is 10.4. The second kappa shape index (κ2) is 6.63. The average Bonchev–Trinajstić information content (AvgIpc) is 2.01. The summed E-state index contributed by atoms with van der Waals surface area (Å²) in [6.07, 6.45) is 2.57. The predicted molar refractivity (Wildman–Crippen MR) is 55.0 cm³/mol. The first-order valence-corrected chi connectivity index (χ1v) is 7.87. The maximum atomic E-state index is 5.79. The Morgan fingerprint density at radius 3 is 2.33 bits per heavy atom. The standard InChI is InChI=1S/C9H22O2Si/c1-5-6-9-12(3,4)11-8-7-10-2/h5-9H2,1-4H3. The van der Waals surface area contributed by atoms with Gasteiger partial charge in [-0.05, 0) is 19.1 Å². The number of rotatable bonds is 7. The van der Waals surface area contributed by atoms with Crippen LogP contribution in [-0.2, 0) is 9.16 Å². The van der Waals surface area contributed by atoms with Crippen molar-refractivity contribution in [2.24, 2.45) is 0 Å². The molecule has 0 spiro atoms. The van der Waals surface area contributed by atoms with E-state index in [-0.39, 0.29) is 0 Å². The predicted octanol–water partition coefficient (Wildman–Crippen LogP) is 2.65. The molecule has 3 heteroatoms. The molecule has 12 heavy (non-hydrogen) atoms. The van der Waals surface area contributed by atoms with E-state index in [0.717, 1.165) is 13.2 Å². The van der Waals surface area contributed by atoms with Crippen molar-refractivity contribution >= 4 is 8.32 Å². The monoisotopic (exact) mass is 190 g/mol. The Hall–Kier alpha value is 0.137. The number of hydrogen-bond donors (Lipinski definition) is 0. The Bertz CT molecular complexity index is 105. The van der Waals surface area contributed by atoms with Gasteiger partial charge in [-0.15, -0.1) is 0 Å². The largest absolute Gasteiger partial charge is 0.415 e. The third-order valence-electron chi connectivity index (χ3n) is 1.91. The number of unbranched alkanes of at least 4 members (excludes halogenated alkanes) is 1. The SMILES string of the molecule is CCCC[Si](C)(C)OCCOC. The highest BCUT2D eigenvalue weighted by atomic mass is 28.4. The molecular weight excluding hydrogens is 168 g/mol. The van der Waals surface area contributed by atoms with Gasteiger partial charge in [0.15, 0.2) is 8.32 Å². The van der Waals surface area contributed by atoms with Gasteiger partial charge in [-0.3, -0.25) is 0 Å². The zero-order valence-electron chi connectivity index (χ0n) is 8.85. The van der Waals surface area contributed by atoms with Crippen LogP contribution in [0.1, 0.15) is 19.8 Å². The molecule has 2 nitrogen and oxygen atoms in total. The minimum absolute atomic E-state index is 0.725. The number of methoxy groups -OCH3 is 1. The number of ether oxygens (including phenoxy) is 1. The van der Waals surface area contributed by atoms with Gasteiger partial charge in [-0.1, -0.05) is 19.8 Å². The summed E-state index contributed by atoms with van der Waals surface area (Å²) in [6, 6.07) is 1.27. The van der Waals surface area contributed by atoms with Crippen molar-refractivity contribution in [1.29, 1.82) is 0 Å². The van der Waals surface area contributed by atoms with E-state index in [1.54, 1.807) is 7.11 Å². The summed E-state index contributed by atoms with van der Waals surface area (Å²) in [5.41, 5.74) is 0. The molecule has 0 heterocycles. The molecule has 0 saturated heterocycles. The molecule has 0 aliphatic rings. The fourth-order valence-corrected chi connectivity index (χ4v) is 3.06. The van der Waals surface area contributed by atoms with Crippen LogP contribution in [0.4, 0.5) is 0 Å². The molecule has 0 aliphatic carbocycles. The van der Waals surface area contributed by atoms with Gasteiger partial charge in [0.05, 0.1) is 13.2 Å². The van der Waals surface area contributed by atoms with Crippen molar-refractivity contribution < 1.29 is 9.16 Å². The molecule has 0 amide bonds. The number of hydrogen-bond acceptors (Lipinski definition) is 2. The highest BCUT2D eigenvalue weighted by Gasteiger charge is 2.20. The molecule has 74 valence electrons. The Balaban J connectivity index is 3.42. The van der Waals surface area contributed by atoms with E-state index in [2.05, 4.69) is 20.0 Å². The summed E-state index contributed by atoms with van der Waals surface area (Å²) in [4.78, 5) is 0. The van der Waals surface area contributed by atoms with E-state index < -0.39 is 8.32 Å². The van der Waals surface area contributed by atoms with E-state index in [9.17, 15) is 0 Å². The van der Waals surface area contributed by atoms with Gasteiger partial charge in [-0.25, -0.2) is 0 Å². The van der Waals surface area contributed by atoms with Crippen LogP contribution < -0.4 is 0 Å². The fraction of sp³-hybridized carbons (Fsp3) is 1.00. The van der Waals surface area contributed by atoms with Crippen molar-refractivity contribution in [2.75, 3.05) is 20.3 Å². The van der Waals surface area contributed by atoms with E-state index in [0.29, 0.717) is 0 Å².